The molecule has 0 unspecified atom stereocenters. The van der Waals surface area contributed by atoms with Crippen LogP contribution in [0.2, 0.25) is 15.1 Å². The Labute approximate surface area is 151 Å². The van der Waals surface area contributed by atoms with Gasteiger partial charge in [-0.15, -0.1) is 0 Å². The summed E-state index contributed by atoms with van der Waals surface area (Å²) in [4.78, 5) is 0. The van der Waals surface area contributed by atoms with Crippen LogP contribution < -0.4 is 5.48 Å². The number of benzene rings is 2. The summed E-state index contributed by atoms with van der Waals surface area (Å²) in [5, 5.41) is 9.26. The van der Waals surface area contributed by atoms with Crippen molar-refractivity contribution in [3.05, 3.63) is 68.7 Å². The molecule has 2 aromatic rings. The van der Waals surface area contributed by atoms with Gasteiger partial charge < -0.3 is 0 Å². The van der Waals surface area contributed by atoms with Crippen LogP contribution in [0.5, 0.6) is 0 Å². The minimum Gasteiger partial charge on any atom is -0.291 e. The fourth-order valence-corrected chi connectivity index (χ4v) is 2.65. The lowest BCUT2D eigenvalue weighted by molar-refractivity contribution is -0.124. The fraction of sp³-hybridized carbons (Fsp3) is 0.125. The van der Waals surface area contributed by atoms with Crippen molar-refractivity contribution in [3.63, 3.8) is 0 Å². The highest BCUT2D eigenvalue weighted by Crippen LogP contribution is 2.36. The molecular weight excluding hydrogens is 386 g/mol. The quantitative estimate of drug-likeness (QED) is 0.438. The Morgan fingerprint density at radius 3 is 2.00 bits per heavy atom. The van der Waals surface area contributed by atoms with Crippen LogP contribution in [0.1, 0.15) is 17.5 Å². The Morgan fingerprint density at radius 1 is 1.00 bits per heavy atom. The highest BCUT2D eigenvalue weighted by molar-refractivity contribution is 6.48. The van der Waals surface area contributed by atoms with E-state index in [4.69, 9.17) is 40.0 Å². The van der Waals surface area contributed by atoms with Crippen LogP contribution in [-0.4, -0.2) is 11.4 Å². The van der Waals surface area contributed by atoms with Gasteiger partial charge >= 0.3 is 6.18 Å². The van der Waals surface area contributed by atoms with Crippen LogP contribution in [0.4, 0.5) is 18.9 Å². The molecule has 0 heterocycles. The van der Waals surface area contributed by atoms with E-state index in [0.717, 1.165) is 6.08 Å². The first-order chi connectivity index (χ1) is 11.2. The average molecular weight is 397 g/mol. The number of rotatable bonds is 4. The first-order valence-corrected chi connectivity index (χ1v) is 7.77. The highest BCUT2D eigenvalue weighted by Gasteiger charge is 2.26. The zero-order valence-corrected chi connectivity index (χ0v) is 14.2. The maximum atomic E-state index is 12.6. The van der Waals surface area contributed by atoms with E-state index >= 15 is 0 Å². The number of hydrogen-bond donors (Lipinski definition) is 2. The van der Waals surface area contributed by atoms with Gasteiger partial charge in [-0.3, -0.25) is 10.7 Å². The van der Waals surface area contributed by atoms with Crippen LogP contribution in [-0.2, 0) is 0 Å². The Bertz CT molecular complexity index is 735. The molecule has 0 bridgehead atoms. The molecule has 2 N–H and O–H groups in total. The third-order valence-corrected chi connectivity index (χ3v) is 4.35. The summed E-state index contributed by atoms with van der Waals surface area (Å²) >= 11 is 17.8. The van der Waals surface area contributed by atoms with Crippen molar-refractivity contribution < 1.29 is 18.4 Å². The van der Waals surface area contributed by atoms with Gasteiger partial charge in [-0.2, -0.15) is 13.2 Å². The minimum absolute atomic E-state index is 0.136. The predicted molar refractivity (Wildman–Crippen MR) is 91.1 cm³/mol. The van der Waals surface area contributed by atoms with Crippen LogP contribution >= 0.6 is 34.8 Å². The number of allylic oxidation sites excluding steroid dienone is 1. The summed E-state index contributed by atoms with van der Waals surface area (Å²) in [6.45, 7) is 0. The molecule has 0 aromatic heterocycles. The van der Waals surface area contributed by atoms with Crippen molar-refractivity contribution in [1.82, 2.24) is 0 Å². The van der Waals surface area contributed by atoms with Crippen molar-refractivity contribution in [2.45, 2.75) is 12.6 Å². The minimum atomic E-state index is -4.35. The molecule has 0 radical (unpaired) electrons. The van der Waals surface area contributed by atoms with E-state index in [9.17, 15) is 13.2 Å². The van der Waals surface area contributed by atoms with E-state index in [0.29, 0.717) is 22.4 Å². The molecule has 0 saturated heterocycles. The van der Waals surface area contributed by atoms with E-state index in [2.05, 4.69) is 0 Å². The summed E-state index contributed by atoms with van der Waals surface area (Å²) in [7, 11) is 0. The van der Waals surface area contributed by atoms with E-state index in [1.807, 2.05) is 5.48 Å². The molecule has 0 aliphatic heterocycles. The van der Waals surface area contributed by atoms with E-state index in [1.54, 1.807) is 12.1 Å². The van der Waals surface area contributed by atoms with Crippen molar-refractivity contribution in [1.29, 1.82) is 0 Å². The van der Waals surface area contributed by atoms with Gasteiger partial charge in [0, 0.05) is 0 Å². The van der Waals surface area contributed by atoms with Gasteiger partial charge in [-0.1, -0.05) is 53.0 Å². The third-order valence-electron chi connectivity index (χ3n) is 3.16. The number of alkyl halides is 3. The van der Waals surface area contributed by atoms with Gasteiger partial charge in [0.25, 0.3) is 0 Å². The van der Waals surface area contributed by atoms with Gasteiger partial charge in [0.2, 0.25) is 0 Å². The predicted octanol–water partition coefficient (Wildman–Crippen LogP) is 6.83. The molecule has 0 aliphatic carbocycles. The molecule has 2 nitrogen and oxygen atoms in total. The second-order valence-corrected chi connectivity index (χ2v) is 6.07. The summed E-state index contributed by atoms with van der Waals surface area (Å²) in [5.74, 6) is 0. The summed E-state index contributed by atoms with van der Waals surface area (Å²) in [6, 6.07) is 9.09. The van der Waals surface area contributed by atoms with Crippen molar-refractivity contribution in [2.24, 2.45) is 0 Å². The van der Waals surface area contributed by atoms with Crippen LogP contribution in [0.3, 0.4) is 0 Å². The molecule has 0 fully saturated rings. The molecule has 0 aliphatic rings. The topological polar surface area (TPSA) is 32.3 Å². The Hall–Kier alpha value is -1.40. The maximum absolute atomic E-state index is 12.6. The molecule has 2 aromatic carbocycles. The van der Waals surface area contributed by atoms with Crippen LogP contribution in [0.25, 0.3) is 5.57 Å². The Kier molecular flexibility index (Phi) is 6.04. The summed E-state index contributed by atoms with van der Waals surface area (Å²) in [5.41, 5.74) is 3.58. The zero-order chi connectivity index (χ0) is 17.9. The lowest BCUT2D eigenvalue weighted by Crippen LogP contribution is -2.05. The third kappa shape index (κ3) is 4.80. The van der Waals surface area contributed by atoms with E-state index in [1.165, 1.54) is 24.3 Å². The Balaban J connectivity index is 2.54. The molecule has 128 valence electrons. The second-order valence-electron chi connectivity index (χ2n) is 4.88. The Morgan fingerprint density at radius 2 is 1.54 bits per heavy atom. The fourth-order valence-electron chi connectivity index (χ4n) is 2.06. The summed E-state index contributed by atoms with van der Waals surface area (Å²) < 4.78 is 37.9. The number of hydrogen-bond acceptors (Lipinski definition) is 2. The number of halogens is 6. The van der Waals surface area contributed by atoms with Gasteiger partial charge in [-0.05, 0) is 41.0 Å². The monoisotopic (exact) mass is 395 g/mol. The highest BCUT2D eigenvalue weighted by atomic mass is 35.5. The van der Waals surface area contributed by atoms with Gasteiger partial charge in [-0.25, -0.2) is 0 Å². The van der Waals surface area contributed by atoms with Gasteiger partial charge in [0.1, 0.15) is 0 Å². The molecular formula is C16H11Cl3F3NO. The second kappa shape index (κ2) is 7.66. The van der Waals surface area contributed by atoms with E-state index in [-0.39, 0.29) is 15.1 Å². The molecule has 0 atom stereocenters. The van der Waals surface area contributed by atoms with Crippen LogP contribution in [0, 0.1) is 0 Å². The van der Waals surface area contributed by atoms with Crippen molar-refractivity contribution in [3.8, 4) is 0 Å². The average Bonchev–Trinajstić information content (AvgIpc) is 2.52. The molecule has 8 heteroatoms. The SMILES string of the molecule is ONc1ccc(C(=CCC(F)(F)F)c2cc(Cl)c(Cl)c(Cl)c2)cc1. The van der Waals surface area contributed by atoms with Crippen molar-refractivity contribution >= 4 is 46.1 Å². The van der Waals surface area contributed by atoms with E-state index < -0.39 is 12.6 Å². The molecule has 0 saturated carbocycles. The van der Waals surface area contributed by atoms with Crippen molar-refractivity contribution in [2.75, 3.05) is 5.48 Å². The van der Waals surface area contributed by atoms with Crippen LogP contribution in [0.15, 0.2) is 42.5 Å². The lowest BCUT2D eigenvalue weighted by atomic mass is 9.96. The largest absolute Gasteiger partial charge is 0.392 e. The summed E-state index contributed by atoms with van der Waals surface area (Å²) in [6.07, 6.45) is -4.41. The van der Waals surface area contributed by atoms with Gasteiger partial charge in [0.05, 0.1) is 27.2 Å². The standard InChI is InChI=1S/C16H11Cl3F3NO/c17-13-7-10(8-14(18)15(13)19)12(5-6-16(20,21)22)9-1-3-11(23-24)4-2-9/h1-5,7-8,23-24H,6H2. The van der Waals surface area contributed by atoms with Gasteiger partial charge in [0.15, 0.2) is 0 Å². The normalized spacial score (nSPS) is 12.4. The zero-order valence-electron chi connectivity index (χ0n) is 12.0. The first-order valence-electron chi connectivity index (χ1n) is 6.63. The maximum Gasteiger partial charge on any atom is 0.392 e. The smallest absolute Gasteiger partial charge is 0.291 e. The number of anilines is 1. The molecule has 0 spiro atoms. The first kappa shape index (κ1) is 18.9. The molecule has 0 amide bonds. The molecule has 2 rings (SSSR count). The lowest BCUT2D eigenvalue weighted by Gasteiger charge is -2.13. The molecule has 24 heavy (non-hydrogen) atoms. The number of nitrogens with one attached hydrogen (secondary N) is 1.